The summed E-state index contributed by atoms with van der Waals surface area (Å²) in [7, 11) is 1.55. The van der Waals surface area contributed by atoms with Gasteiger partial charge in [-0.25, -0.2) is 0 Å². The van der Waals surface area contributed by atoms with Crippen molar-refractivity contribution in [3.63, 3.8) is 0 Å². The average Bonchev–Trinajstić information content (AvgIpc) is 2.75. The molecule has 0 bridgehead atoms. The van der Waals surface area contributed by atoms with E-state index in [0.717, 1.165) is 31.1 Å². The van der Waals surface area contributed by atoms with Crippen LogP contribution in [0.1, 0.15) is 26.2 Å². The normalized spacial score (nSPS) is 15.0. The second-order valence-electron chi connectivity index (χ2n) is 7.48. The summed E-state index contributed by atoms with van der Waals surface area (Å²) in [6, 6.07) is 11.5. The predicted molar refractivity (Wildman–Crippen MR) is 129 cm³/mol. The van der Waals surface area contributed by atoms with Crippen molar-refractivity contribution in [3.05, 3.63) is 46.4 Å². The number of hydrogen-bond donors (Lipinski definition) is 1. The summed E-state index contributed by atoms with van der Waals surface area (Å²) in [5.41, 5.74) is 0.554. The molecule has 0 aliphatic carbocycles. The minimum Gasteiger partial charge on any atom is -0.495 e. The lowest BCUT2D eigenvalue weighted by Crippen LogP contribution is -2.35. The van der Waals surface area contributed by atoms with Gasteiger partial charge >= 0.3 is 0 Å². The number of benzene rings is 2. The number of nitrogens with zero attached hydrogens (tertiary/aromatic N) is 1. The highest BCUT2D eigenvalue weighted by Crippen LogP contribution is 2.36. The van der Waals surface area contributed by atoms with Crippen LogP contribution >= 0.6 is 35.0 Å². The number of rotatable bonds is 9. The fraction of sp³-hybridized carbons (Fsp3) is 0.435. The van der Waals surface area contributed by atoms with Gasteiger partial charge in [-0.15, -0.1) is 11.8 Å². The molecule has 3 rings (SSSR count). The molecule has 0 saturated carbocycles. The second-order valence-corrected chi connectivity index (χ2v) is 9.70. The van der Waals surface area contributed by atoms with Crippen LogP contribution in [0.2, 0.25) is 10.0 Å². The average molecular weight is 483 g/mol. The Morgan fingerprint density at radius 1 is 1.16 bits per heavy atom. The van der Waals surface area contributed by atoms with Gasteiger partial charge in [-0.3, -0.25) is 4.79 Å². The molecule has 168 valence electrons. The Balaban J connectivity index is 1.42. The Morgan fingerprint density at radius 3 is 2.52 bits per heavy atom. The van der Waals surface area contributed by atoms with Gasteiger partial charge in [-0.05, 0) is 62.7 Å². The molecule has 0 atom stereocenters. The largest absolute Gasteiger partial charge is 0.495 e. The molecule has 0 aromatic heterocycles. The third kappa shape index (κ3) is 7.49. The number of ether oxygens (including phenoxy) is 2. The number of thioether (sulfide) groups is 1. The summed E-state index contributed by atoms with van der Waals surface area (Å²) in [5, 5.41) is 4.62. The second kappa shape index (κ2) is 11.9. The third-order valence-electron chi connectivity index (χ3n) is 5.09. The van der Waals surface area contributed by atoms with E-state index in [4.69, 9.17) is 32.7 Å². The van der Waals surface area contributed by atoms with Gasteiger partial charge in [0.1, 0.15) is 11.5 Å². The third-order valence-corrected chi connectivity index (χ3v) is 6.99. The standard InChI is InChI=1S/C23H28Cl2N2O3S/c1-16(28)26-21-14-20(25)22(29-2)15-23(21)30-13-3-10-27-11-8-19(9-12-27)31-18-6-4-17(24)5-7-18/h4-7,14-15,19H,3,8-13H2,1-2H3,(H,26,28). The van der Waals surface area contributed by atoms with Gasteiger partial charge in [-0.1, -0.05) is 23.2 Å². The van der Waals surface area contributed by atoms with Crippen molar-refractivity contribution in [1.29, 1.82) is 0 Å². The highest BCUT2D eigenvalue weighted by Gasteiger charge is 2.20. The first-order valence-electron chi connectivity index (χ1n) is 10.4. The van der Waals surface area contributed by atoms with E-state index in [1.807, 2.05) is 23.9 Å². The molecule has 31 heavy (non-hydrogen) atoms. The van der Waals surface area contributed by atoms with Gasteiger partial charge in [0.05, 0.1) is 24.4 Å². The minimum atomic E-state index is -0.176. The Kier molecular flexibility index (Phi) is 9.20. The van der Waals surface area contributed by atoms with E-state index in [1.54, 1.807) is 19.2 Å². The van der Waals surface area contributed by atoms with E-state index >= 15 is 0 Å². The Labute approximate surface area is 198 Å². The van der Waals surface area contributed by atoms with Crippen LogP contribution in [0, 0.1) is 0 Å². The first kappa shape index (κ1) is 24.1. The van der Waals surface area contributed by atoms with Crippen molar-refractivity contribution in [2.75, 3.05) is 38.7 Å². The molecule has 1 fully saturated rings. The number of likely N-dealkylation sites (tertiary alicyclic amines) is 1. The van der Waals surface area contributed by atoms with E-state index < -0.39 is 0 Å². The van der Waals surface area contributed by atoms with Gasteiger partial charge in [0, 0.05) is 34.7 Å². The van der Waals surface area contributed by atoms with Gasteiger partial charge in [0.25, 0.3) is 0 Å². The molecule has 1 heterocycles. The van der Waals surface area contributed by atoms with Crippen LogP contribution in [-0.2, 0) is 4.79 Å². The van der Waals surface area contributed by atoms with Gasteiger partial charge in [0.2, 0.25) is 5.91 Å². The van der Waals surface area contributed by atoms with Crippen LogP contribution < -0.4 is 14.8 Å². The number of amides is 1. The van der Waals surface area contributed by atoms with E-state index in [0.29, 0.717) is 34.1 Å². The molecule has 1 aliphatic rings. The highest BCUT2D eigenvalue weighted by atomic mass is 35.5. The maximum atomic E-state index is 11.5. The van der Waals surface area contributed by atoms with Crippen molar-refractivity contribution < 1.29 is 14.3 Å². The SMILES string of the molecule is COc1cc(OCCCN2CCC(Sc3ccc(Cl)cc3)CC2)c(NC(C)=O)cc1Cl. The molecule has 0 unspecified atom stereocenters. The van der Waals surface area contributed by atoms with Crippen LogP contribution in [-0.4, -0.2) is 49.4 Å². The van der Waals surface area contributed by atoms with E-state index in [9.17, 15) is 4.79 Å². The molecule has 2 aromatic carbocycles. The Morgan fingerprint density at radius 2 is 1.87 bits per heavy atom. The number of halogens is 2. The molecule has 1 aliphatic heterocycles. The van der Waals surface area contributed by atoms with Crippen LogP contribution in [0.25, 0.3) is 0 Å². The number of nitrogens with one attached hydrogen (secondary N) is 1. The topological polar surface area (TPSA) is 50.8 Å². The number of methoxy groups -OCH3 is 1. The quantitative estimate of drug-likeness (QED) is 0.445. The molecular weight excluding hydrogens is 455 g/mol. The van der Waals surface area contributed by atoms with Crippen LogP contribution in [0.4, 0.5) is 5.69 Å². The maximum absolute atomic E-state index is 11.5. The molecule has 0 spiro atoms. The number of hydrogen-bond acceptors (Lipinski definition) is 5. The lowest BCUT2D eigenvalue weighted by molar-refractivity contribution is -0.114. The molecule has 8 heteroatoms. The molecular formula is C23H28Cl2N2O3S. The summed E-state index contributed by atoms with van der Waals surface area (Å²) in [6.07, 6.45) is 3.25. The van der Waals surface area contributed by atoms with Crippen molar-refractivity contribution in [2.45, 2.75) is 36.3 Å². The van der Waals surface area contributed by atoms with Gasteiger partial charge in [-0.2, -0.15) is 0 Å². The Bertz CT molecular complexity index is 872. The summed E-state index contributed by atoms with van der Waals surface area (Å²) in [6.45, 7) is 5.18. The van der Waals surface area contributed by atoms with E-state index in [-0.39, 0.29) is 5.91 Å². The summed E-state index contributed by atoms with van der Waals surface area (Å²) < 4.78 is 11.2. The number of carbonyl (C=O) groups is 1. The highest BCUT2D eigenvalue weighted by molar-refractivity contribution is 8.00. The lowest BCUT2D eigenvalue weighted by atomic mass is 10.1. The predicted octanol–water partition coefficient (Wildman–Crippen LogP) is 5.99. The minimum absolute atomic E-state index is 0.176. The summed E-state index contributed by atoms with van der Waals surface area (Å²) in [4.78, 5) is 15.2. The molecule has 2 aromatic rings. The first-order valence-corrected chi connectivity index (χ1v) is 12.0. The fourth-order valence-electron chi connectivity index (χ4n) is 3.52. The number of carbonyl (C=O) groups excluding carboxylic acids is 1. The monoisotopic (exact) mass is 482 g/mol. The zero-order valence-corrected chi connectivity index (χ0v) is 20.2. The van der Waals surface area contributed by atoms with Crippen LogP contribution in [0.15, 0.2) is 41.3 Å². The zero-order chi connectivity index (χ0) is 22.2. The molecule has 1 N–H and O–H groups in total. The van der Waals surface area contributed by atoms with E-state index in [1.165, 1.54) is 24.7 Å². The molecule has 0 radical (unpaired) electrons. The van der Waals surface area contributed by atoms with Gasteiger partial charge < -0.3 is 19.7 Å². The first-order chi connectivity index (χ1) is 14.9. The number of anilines is 1. The van der Waals surface area contributed by atoms with Crippen molar-refractivity contribution in [1.82, 2.24) is 4.90 Å². The van der Waals surface area contributed by atoms with Crippen molar-refractivity contribution in [2.24, 2.45) is 0 Å². The summed E-state index contributed by atoms with van der Waals surface area (Å²) >= 11 is 14.1. The van der Waals surface area contributed by atoms with Gasteiger partial charge in [0.15, 0.2) is 0 Å². The van der Waals surface area contributed by atoms with Crippen molar-refractivity contribution >= 4 is 46.6 Å². The van der Waals surface area contributed by atoms with E-state index in [2.05, 4.69) is 22.3 Å². The smallest absolute Gasteiger partial charge is 0.221 e. The van der Waals surface area contributed by atoms with Crippen LogP contribution in [0.5, 0.6) is 11.5 Å². The fourth-order valence-corrected chi connectivity index (χ4v) is 5.02. The lowest BCUT2D eigenvalue weighted by Gasteiger charge is -2.31. The Hall–Kier alpha value is -1.60. The number of piperidine rings is 1. The molecule has 1 saturated heterocycles. The zero-order valence-electron chi connectivity index (χ0n) is 17.8. The van der Waals surface area contributed by atoms with Crippen LogP contribution in [0.3, 0.4) is 0 Å². The molecule has 5 nitrogen and oxygen atoms in total. The summed E-state index contributed by atoms with van der Waals surface area (Å²) in [5.74, 6) is 0.908. The maximum Gasteiger partial charge on any atom is 0.221 e. The molecule has 1 amide bonds. The van der Waals surface area contributed by atoms with Crippen molar-refractivity contribution in [3.8, 4) is 11.5 Å².